The third-order valence-corrected chi connectivity index (χ3v) is 6.16. The lowest BCUT2D eigenvalue weighted by atomic mass is 10.0. The number of hydrogen-bond acceptors (Lipinski definition) is 6. The average molecular weight is 463 g/mol. The molecule has 1 amide bonds. The Balaban J connectivity index is 1.65. The molecule has 178 valence electrons. The van der Waals surface area contributed by atoms with E-state index in [1.807, 2.05) is 41.3 Å². The molecule has 3 aromatic rings. The van der Waals surface area contributed by atoms with E-state index in [-0.39, 0.29) is 5.91 Å². The molecule has 7 heteroatoms. The van der Waals surface area contributed by atoms with Gasteiger partial charge in [0.2, 0.25) is 0 Å². The Hall–Kier alpha value is -3.61. The molecular formula is C27H30N2O5. The number of fused-ring (bicyclic) bond motifs is 1. The van der Waals surface area contributed by atoms with Gasteiger partial charge in [-0.1, -0.05) is 31.0 Å². The van der Waals surface area contributed by atoms with E-state index in [1.165, 1.54) is 0 Å². The molecule has 1 atom stereocenters. The number of para-hydroxylation sites is 1. The summed E-state index contributed by atoms with van der Waals surface area (Å²) < 4.78 is 16.4. The van der Waals surface area contributed by atoms with E-state index in [4.69, 9.17) is 19.2 Å². The molecule has 0 bridgehead atoms. The number of aromatic nitrogens is 1. The van der Waals surface area contributed by atoms with E-state index in [2.05, 4.69) is 0 Å². The minimum absolute atomic E-state index is 0.145. The number of likely N-dealkylation sites (tertiary alicyclic amines) is 1. The van der Waals surface area contributed by atoms with Crippen molar-refractivity contribution in [2.24, 2.45) is 0 Å². The standard InChI is InChI=1S/C27H30N2O5/c1-18(26(30)29-14-8-4-5-9-15-29)34-27(31)21-17-23(28-22-11-7-6-10-20(21)22)19-12-13-24(32-2)25(16-19)33-3/h6-7,10-13,16-18H,4-5,8-9,14-15H2,1-3H3. The molecule has 2 aromatic carbocycles. The van der Waals surface area contributed by atoms with Crippen molar-refractivity contribution < 1.29 is 23.8 Å². The number of amides is 1. The van der Waals surface area contributed by atoms with Crippen LogP contribution in [0.2, 0.25) is 0 Å². The predicted molar refractivity (Wildman–Crippen MR) is 130 cm³/mol. The molecule has 0 radical (unpaired) electrons. The van der Waals surface area contributed by atoms with Crippen LogP contribution in [-0.2, 0) is 9.53 Å². The summed E-state index contributed by atoms with van der Waals surface area (Å²) in [5.41, 5.74) is 2.39. The number of hydrogen-bond donors (Lipinski definition) is 0. The monoisotopic (exact) mass is 462 g/mol. The Morgan fingerprint density at radius 2 is 1.62 bits per heavy atom. The van der Waals surface area contributed by atoms with E-state index in [9.17, 15) is 9.59 Å². The fraction of sp³-hybridized carbons (Fsp3) is 0.370. The molecule has 0 saturated carbocycles. The number of nitrogens with zero attached hydrogens (tertiary/aromatic N) is 2. The van der Waals surface area contributed by atoms with Gasteiger partial charge in [0.1, 0.15) is 0 Å². The summed E-state index contributed by atoms with van der Waals surface area (Å²) in [7, 11) is 3.15. The second kappa shape index (κ2) is 10.5. The molecule has 0 spiro atoms. The summed E-state index contributed by atoms with van der Waals surface area (Å²) in [5, 5.41) is 0.672. The smallest absolute Gasteiger partial charge is 0.339 e. The van der Waals surface area contributed by atoms with Crippen LogP contribution in [0.25, 0.3) is 22.2 Å². The van der Waals surface area contributed by atoms with Crippen LogP contribution < -0.4 is 9.47 Å². The minimum Gasteiger partial charge on any atom is -0.493 e. The summed E-state index contributed by atoms with van der Waals surface area (Å²) in [5.74, 6) is 0.480. The second-order valence-corrected chi connectivity index (χ2v) is 8.43. The predicted octanol–water partition coefficient (Wildman–Crippen LogP) is 4.87. The van der Waals surface area contributed by atoms with Crippen molar-refractivity contribution in [1.29, 1.82) is 0 Å². The highest BCUT2D eigenvalue weighted by molar-refractivity contribution is 6.05. The summed E-state index contributed by atoms with van der Waals surface area (Å²) in [6, 6.07) is 14.6. The van der Waals surface area contributed by atoms with E-state index >= 15 is 0 Å². The summed E-state index contributed by atoms with van der Waals surface area (Å²) in [4.78, 5) is 32.7. The maximum absolute atomic E-state index is 13.3. The number of carbonyl (C=O) groups is 2. The van der Waals surface area contributed by atoms with Gasteiger partial charge in [0, 0.05) is 24.0 Å². The lowest BCUT2D eigenvalue weighted by Crippen LogP contribution is -2.40. The highest BCUT2D eigenvalue weighted by Crippen LogP contribution is 2.33. The first kappa shape index (κ1) is 23.5. The zero-order valence-corrected chi connectivity index (χ0v) is 19.9. The lowest BCUT2D eigenvalue weighted by molar-refractivity contribution is -0.139. The number of methoxy groups -OCH3 is 2. The van der Waals surface area contributed by atoms with Gasteiger partial charge in [-0.15, -0.1) is 0 Å². The van der Waals surface area contributed by atoms with Crippen LogP contribution >= 0.6 is 0 Å². The van der Waals surface area contributed by atoms with E-state index in [0.29, 0.717) is 46.7 Å². The molecular weight excluding hydrogens is 432 g/mol. The van der Waals surface area contributed by atoms with Gasteiger partial charge in [-0.3, -0.25) is 4.79 Å². The lowest BCUT2D eigenvalue weighted by Gasteiger charge is -2.24. The molecule has 34 heavy (non-hydrogen) atoms. The van der Waals surface area contributed by atoms with Gasteiger partial charge < -0.3 is 19.1 Å². The zero-order chi connectivity index (χ0) is 24.1. The van der Waals surface area contributed by atoms with Crippen LogP contribution in [-0.4, -0.2) is 55.2 Å². The van der Waals surface area contributed by atoms with Crippen LogP contribution in [0.15, 0.2) is 48.5 Å². The first-order chi connectivity index (χ1) is 16.5. The van der Waals surface area contributed by atoms with Gasteiger partial charge >= 0.3 is 5.97 Å². The van der Waals surface area contributed by atoms with Crippen molar-refractivity contribution in [1.82, 2.24) is 9.88 Å². The molecule has 1 unspecified atom stereocenters. The van der Waals surface area contributed by atoms with Crippen LogP contribution in [0.3, 0.4) is 0 Å². The molecule has 1 fully saturated rings. The van der Waals surface area contributed by atoms with Gasteiger partial charge in [-0.25, -0.2) is 9.78 Å². The van der Waals surface area contributed by atoms with E-state index in [0.717, 1.165) is 31.2 Å². The maximum atomic E-state index is 13.3. The molecule has 1 aliphatic rings. The van der Waals surface area contributed by atoms with Gasteiger partial charge in [-0.05, 0) is 50.1 Å². The molecule has 0 N–H and O–H groups in total. The Kier molecular flexibility index (Phi) is 7.30. The van der Waals surface area contributed by atoms with Gasteiger partial charge in [0.05, 0.1) is 31.0 Å². The number of benzene rings is 2. The quantitative estimate of drug-likeness (QED) is 0.487. The first-order valence-corrected chi connectivity index (χ1v) is 11.6. The van der Waals surface area contributed by atoms with Gasteiger partial charge in [0.25, 0.3) is 5.91 Å². The zero-order valence-electron chi connectivity index (χ0n) is 19.9. The Labute approximate surface area is 199 Å². The number of pyridine rings is 1. The fourth-order valence-electron chi connectivity index (χ4n) is 4.31. The fourth-order valence-corrected chi connectivity index (χ4v) is 4.31. The van der Waals surface area contributed by atoms with Crippen LogP contribution in [0, 0.1) is 0 Å². The highest BCUT2D eigenvalue weighted by atomic mass is 16.5. The SMILES string of the molecule is COc1ccc(-c2cc(C(=O)OC(C)C(=O)N3CCCCCC3)c3ccccc3n2)cc1OC. The van der Waals surface area contributed by atoms with Crippen LogP contribution in [0.1, 0.15) is 43.0 Å². The van der Waals surface area contributed by atoms with Crippen molar-refractivity contribution in [2.45, 2.75) is 38.7 Å². The van der Waals surface area contributed by atoms with E-state index < -0.39 is 12.1 Å². The Morgan fingerprint density at radius 1 is 0.912 bits per heavy atom. The first-order valence-electron chi connectivity index (χ1n) is 11.6. The number of esters is 1. The summed E-state index contributed by atoms with van der Waals surface area (Å²) in [6.07, 6.45) is 3.35. The maximum Gasteiger partial charge on any atom is 0.339 e. The van der Waals surface area contributed by atoms with Crippen LogP contribution in [0.5, 0.6) is 11.5 Å². The highest BCUT2D eigenvalue weighted by Gasteiger charge is 2.26. The van der Waals surface area contributed by atoms with Crippen molar-refractivity contribution in [3.05, 3.63) is 54.1 Å². The molecule has 1 saturated heterocycles. The second-order valence-electron chi connectivity index (χ2n) is 8.43. The third kappa shape index (κ3) is 4.98. The molecule has 1 aromatic heterocycles. The molecule has 7 nitrogen and oxygen atoms in total. The van der Waals surface area contributed by atoms with Gasteiger partial charge in [0.15, 0.2) is 17.6 Å². The van der Waals surface area contributed by atoms with Crippen molar-refractivity contribution in [2.75, 3.05) is 27.3 Å². The molecule has 2 heterocycles. The normalized spacial score (nSPS) is 14.9. The molecule has 4 rings (SSSR count). The largest absolute Gasteiger partial charge is 0.493 e. The van der Waals surface area contributed by atoms with Crippen molar-refractivity contribution in [3.63, 3.8) is 0 Å². The topological polar surface area (TPSA) is 78.0 Å². The molecule has 0 aliphatic carbocycles. The third-order valence-electron chi connectivity index (χ3n) is 6.16. The Bertz CT molecular complexity index is 1180. The summed E-state index contributed by atoms with van der Waals surface area (Å²) in [6.45, 7) is 3.06. The number of carbonyl (C=O) groups excluding carboxylic acids is 2. The van der Waals surface area contributed by atoms with E-state index in [1.54, 1.807) is 33.3 Å². The van der Waals surface area contributed by atoms with Crippen LogP contribution in [0.4, 0.5) is 0 Å². The summed E-state index contributed by atoms with van der Waals surface area (Å²) >= 11 is 0. The van der Waals surface area contributed by atoms with Crippen molar-refractivity contribution in [3.8, 4) is 22.8 Å². The van der Waals surface area contributed by atoms with Crippen molar-refractivity contribution >= 4 is 22.8 Å². The van der Waals surface area contributed by atoms with Gasteiger partial charge in [-0.2, -0.15) is 0 Å². The average Bonchev–Trinajstić information content (AvgIpc) is 3.16. The molecule has 1 aliphatic heterocycles. The Morgan fingerprint density at radius 3 is 2.32 bits per heavy atom. The number of rotatable bonds is 6. The number of ether oxygens (including phenoxy) is 3. The minimum atomic E-state index is -0.859.